The highest BCUT2D eigenvalue weighted by Crippen LogP contribution is 2.38. The third kappa shape index (κ3) is 2.82. The molecule has 2 aliphatic heterocycles. The first kappa shape index (κ1) is 14.5. The molecule has 2 fully saturated rings. The summed E-state index contributed by atoms with van der Waals surface area (Å²) in [7, 11) is 0. The van der Waals surface area contributed by atoms with Gasteiger partial charge in [-0.15, -0.1) is 0 Å². The Labute approximate surface area is 115 Å². The average molecular weight is 267 g/mol. The highest BCUT2D eigenvalue weighted by molar-refractivity contribution is 6.05. The fraction of sp³-hybridized carbons (Fsp3) is 0.857. The summed E-state index contributed by atoms with van der Waals surface area (Å²) < 4.78 is 0. The van der Waals surface area contributed by atoms with Gasteiger partial charge in [0.05, 0.1) is 5.41 Å². The summed E-state index contributed by atoms with van der Waals surface area (Å²) in [5, 5.41) is 3.30. The largest absolute Gasteiger partial charge is 0.314 e. The number of nitrogens with one attached hydrogen (secondary N) is 1. The number of carbonyl (C=O) groups excluding carboxylic acids is 2. The quantitative estimate of drug-likeness (QED) is 0.735. The van der Waals surface area contributed by atoms with E-state index in [1.54, 1.807) is 0 Å². The maximum Gasteiger partial charge on any atom is 0.235 e. The number of likely N-dealkylation sites (tertiary alicyclic amines) is 1. The molecule has 2 amide bonds. The van der Waals surface area contributed by atoms with Gasteiger partial charge in [-0.25, -0.2) is 0 Å². The van der Waals surface area contributed by atoms with E-state index in [0.717, 1.165) is 45.6 Å². The zero-order valence-electron chi connectivity index (χ0n) is 12.1. The zero-order chi connectivity index (χ0) is 13.9. The maximum absolute atomic E-state index is 12.4. The molecule has 0 aromatic rings. The van der Waals surface area contributed by atoms with Crippen LogP contribution in [-0.4, -0.2) is 60.9 Å². The van der Waals surface area contributed by atoms with E-state index in [0.29, 0.717) is 13.0 Å². The summed E-state index contributed by atoms with van der Waals surface area (Å²) in [6.07, 6.45) is 1.93. The molecule has 0 saturated carbocycles. The number of imide groups is 1. The summed E-state index contributed by atoms with van der Waals surface area (Å²) in [6.45, 7) is 9.38. The van der Waals surface area contributed by atoms with Crippen molar-refractivity contribution >= 4 is 11.8 Å². The second-order valence-corrected chi connectivity index (χ2v) is 5.61. The van der Waals surface area contributed by atoms with E-state index in [2.05, 4.69) is 10.2 Å². The van der Waals surface area contributed by atoms with Gasteiger partial charge in [0.2, 0.25) is 11.8 Å². The molecule has 1 N–H and O–H groups in total. The van der Waals surface area contributed by atoms with Crippen molar-refractivity contribution in [3.05, 3.63) is 0 Å². The molecule has 2 heterocycles. The van der Waals surface area contributed by atoms with Gasteiger partial charge in [0, 0.05) is 45.7 Å². The fourth-order valence-corrected chi connectivity index (χ4v) is 3.06. The van der Waals surface area contributed by atoms with Crippen LogP contribution in [0.2, 0.25) is 0 Å². The molecule has 0 bridgehead atoms. The number of piperazine rings is 1. The molecule has 0 aliphatic carbocycles. The van der Waals surface area contributed by atoms with Gasteiger partial charge in [0.1, 0.15) is 0 Å². The Morgan fingerprint density at radius 3 is 2.26 bits per heavy atom. The molecule has 0 unspecified atom stereocenters. The fourth-order valence-electron chi connectivity index (χ4n) is 3.06. The minimum Gasteiger partial charge on any atom is -0.314 e. The van der Waals surface area contributed by atoms with E-state index in [4.69, 9.17) is 0 Å². The lowest BCUT2D eigenvalue weighted by Gasteiger charge is -2.29. The Kier molecular flexibility index (Phi) is 4.58. The van der Waals surface area contributed by atoms with Crippen molar-refractivity contribution in [2.45, 2.75) is 33.1 Å². The van der Waals surface area contributed by atoms with Crippen molar-refractivity contribution in [2.75, 3.05) is 39.3 Å². The van der Waals surface area contributed by atoms with E-state index in [9.17, 15) is 9.59 Å². The lowest BCUT2D eigenvalue weighted by Crippen LogP contribution is -2.47. The summed E-state index contributed by atoms with van der Waals surface area (Å²) in [5.74, 6) is 0.0708. The number of hydrogen-bond acceptors (Lipinski definition) is 4. The van der Waals surface area contributed by atoms with Crippen LogP contribution >= 0.6 is 0 Å². The monoisotopic (exact) mass is 267 g/mol. The van der Waals surface area contributed by atoms with E-state index in [1.807, 2.05) is 13.8 Å². The topological polar surface area (TPSA) is 52.7 Å². The number of nitrogens with zero attached hydrogens (tertiary/aromatic N) is 2. The van der Waals surface area contributed by atoms with Crippen molar-refractivity contribution in [1.29, 1.82) is 0 Å². The minimum absolute atomic E-state index is 0.0174. The van der Waals surface area contributed by atoms with Crippen molar-refractivity contribution in [1.82, 2.24) is 15.1 Å². The molecule has 5 nitrogen and oxygen atoms in total. The van der Waals surface area contributed by atoms with Gasteiger partial charge >= 0.3 is 0 Å². The molecule has 0 aromatic heterocycles. The van der Waals surface area contributed by atoms with Crippen LogP contribution in [0.1, 0.15) is 33.1 Å². The molecule has 2 saturated heterocycles. The molecule has 0 spiro atoms. The second-order valence-electron chi connectivity index (χ2n) is 5.61. The van der Waals surface area contributed by atoms with E-state index < -0.39 is 5.41 Å². The third-order valence-electron chi connectivity index (χ3n) is 4.69. The molecular formula is C14H25N3O2. The van der Waals surface area contributed by atoms with Gasteiger partial charge in [-0.05, 0) is 12.8 Å². The van der Waals surface area contributed by atoms with Crippen LogP contribution < -0.4 is 5.32 Å². The molecule has 5 heteroatoms. The van der Waals surface area contributed by atoms with Crippen molar-refractivity contribution in [2.24, 2.45) is 5.41 Å². The highest BCUT2D eigenvalue weighted by Gasteiger charge is 2.48. The summed E-state index contributed by atoms with van der Waals surface area (Å²) >= 11 is 0. The Bertz CT molecular complexity index is 347. The number of hydrogen-bond donors (Lipinski definition) is 1. The van der Waals surface area contributed by atoms with Gasteiger partial charge in [-0.3, -0.25) is 19.4 Å². The molecule has 0 aromatic carbocycles. The summed E-state index contributed by atoms with van der Waals surface area (Å²) in [5.41, 5.74) is -0.416. The summed E-state index contributed by atoms with van der Waals surface area (Å²) in [4.78, 5) is 28.3. The Balaban J connectivity index is 1.93. The molecule has 2 aliphatic rings. The molecule has 19 heavy (non-hydrogen) atoms. The van der Waals surface area contributed by atoms with Crippen LogP contribution in [0.5, 0.6) is 0 Å². The molecule has 108 valence electrons. The molecular weight excluding hydrogens is 242 g/mol. The minimum atomic E-state index is -0.416. The molecule has 0 atom stereocenters. The smallest absolute Gasteiger partial charge is 0.235 e. The van der Waals surface area contributed by atoms with Crippen LogP contribution in [0, 0.1) is 5.41 Å². The number of carbonyl (C=O) groups is 2. The first-order valence-corrected chi connectivity index (χ1v) is 7.41. The molecule has 2 rings (SSSR count). The van der Waals surface area contributed by atoms with Crippen LogP contribution in [0.4, 0.5) is 0 Å². The van der Waals surface area contributed by atoms with Gasteiger partial charge in [0.25, 0.3) is 0 Å². The highest BCUT2D eigenvalue weighted by atomic mass is 16.2. The SMILES string of the molecule is CCC1(CC)CC(=O)N(CCN2CCNCC2)C1=O. The first-order valence-electron chi connectivity index (χ1n) is 7.41. The van der Waals surface area contributed by atoms with Crippen LogP contribution in [0.3, 0.4) is 0 Å². The average Bonchev–Trinajstić information content (AvgIpc) is 2.69. The lowest BCUT2D eigenvalue weighted by molar-refractivity contribution is -0.141. The van der Waals surface area contributed by atoms with Crippen molar-refractivity contribution in [3.8, 4) is 0 Å². The third-order valence-corrected chi connectivity index (χ3v) is 4.69. The van der Waals surface area contributed by atoms with Crippen LogP contribution in [0.25, 0.3) is 0 Å². The standard InChI is InChI=1S/C14H25N3O2/c1-3-14(4-2)11-12(18)17(13(14)19)10-9-16-7-5-15-6-8-16/h15H,3-11H2,1-2H3. The van der Waals surface area contributed by atoms with E-state index in [-0.39, 0.29) is 11.8 Å². The van der Waals surface area contributed by atoms with Gasteiger partial charge in [0.15, 0.2) is 0 Å². The lowest BCUT2D eigenvalue weighted by atomic mass is 9.81. The van der Waals surface area contributed by atoms with Crippen molar-refractivity contribution in [3.63, 3.8) is 0 Å². The number of rotatable bonds is 5. The van der Waals surface area contributed by atoms with Crippen molar-refractivity contribution < 1.29 is 9.59 Å². The van der Waals surface area contributed by atoms with E-state index in [1.165, 1.54) is 4.90 Å². The normalized spacial score (nSPS) is 24.2. The van der Waals surface area contributed by atoms with E-state index >= 15 is 0 Å². The Hall–Kier alpha value is -0.940. The second kappa shape index (κ2) is 6.01. The summed E-state index contributed by atoms with van der Waals surface area (Å²) in [6, 6.07) is 0. The zero-order valence-corrected chi connectivity index (χ0v) is 12.1. The maximum atomic E-state index is 12.4. The van der Waals surface area contributed by atoms with Crippen LogP contribution in [-0.2, 0) is 9.59 Å². The Morgan fingerprint density at radius 1 is 1.11 bits per heavy atom. The van der Waals surface area contributed by atoms with Gasteiger partial charge in [-0.1, -0.05) is 13.8 Å². The number of amides is 2. The van der Waals surface area contributed by atoms with Gasteiger partial charge in [-0.2, -0.15) is 0 Å². The first-order chi connectivity index (χ1) is 9.13. The predicted molar refractivity (Wildman–Crippen MR) is 73.7 cm³/mol. The van der Waals surface area contributed by atoms with Crippen LogP contribution in [0.15, 0.2) is 0 Å². The predicted octanol–water partition coefficient (Wildman–Crippen LogP) is 0.457. The Morgan fingerprint density at radius 2 is 1.74 bits per heavy atom. The molecule has 0 radical (unpaired) electrons. The van der Waals surface area contributed by atoms with Gasteiger partial charge < -0.3 is 5.32 Å².